The summed E-state index contributed by atoms with van der Waals surface area (Å²) in [4.78, 5) is -0.759. The lowest BCUT2D eigenvalue weighted by Gasteiger charge is -2.46. The Labute approximate surface area is 306 Å². The van der Waals surface area contributed by atoms with Crippen molar-refractivity contribution in [3.05, 3.63) is 96.6 Å². The van der Waals surface area contributed by atoms with Gasteiger partial charge in [-0.25, -0.2) is 0 Å². The summed E-state index contributed by atoms with van der Waals surface area (Å²) in [6, 6.07) is 32.0. The van der Waals surface area contributed by atoms with Crippen LogP contribution in [-0.2, 0) is 24.7 Å². The Bertz CT molecular complexity index is 1300. The molecule has 0 saturated carbocycles. The molecule has 1 aliphatic heterocycles. The Morgan fingerprint density at radius 1 is 0.878 bits per heavy atom. The second kappa shape index (κ2) is 19.3. The molecule has 4 atom stereocenters. The highest BCUT2D eigenvalue weighted by Crippen LogP contribution is 2.47. The van der Waals surface area contributed by atoms with E-state index in [-0.39, 0.29) is 5.04 Å². The standard InChI is InChI=1S/C41H60O5S2Si/c1-34(32-44-49(39(3,4)5,37-23-12-8-13-24-37)38-25-14-9-15-26-38)20-18-27-40(6,42)41(45-35(2)46-48-31-19-30-47-41)28-16-17-29-43-33-36-21-10-7-11-22-36/h7-15,21-26,34-35,42H,16-20,27-33H2,1-6H3. The third-order valence-corrected chi connectivity index (χ3v) is 17.2. The van der Waals surface area contributed by atoms with E-state index in [1.54, 1.807) is 11.8 Å². The van der Waals surface area contributed by atoms with E-state index in [0.717, 1.165) is 50.0 Å². The fourth-order valence-corrected chi connectivity index (χ4v) is 13.9. The molecular weight excluding hydrogens is 665 g/mol. The van der Waals surface area contributed by atoms with Crippen LogP contribution in [0.25, 0.3) is 0 Å². The minimum Gasteiger partial charge on any atom is -0.407 e. The topological polar surface area (TPSA) is 57.2 Å². The van der Waals surface area contributed by atoms with E-state index < -0.39 is 25.1 Å². The van der Waals surface area contributed by atoms with Gasteiger partial charge in [-0.2, -0.15) is 0 Å². The van der Waals surface area contributed by atoms with Crippen molar-refractivity contribution >= 4 is 42.5 Å². The van der Waals surface area contributed by atoms with Gasteiger partial charge in [0.2, 0.25) is 0 Å². The number of benzene rings is 3. The number of hydrogen-bond donors (Lipinski definition) is 1. The van der Waals surface area contributed by atoms with E-state index in [1.807, 2.05) is 32.0 Å². The van der Waals surface area contributed by atoms with Crippen LogP contribution in [0, 0.1) is 5.92 Å². The highest BCUT2D eigenvalue weighted by molar-refractivity contribution is 8.00. The molecule has 49 heavy (non-hydrogen) atoms. The number of unbranched alkanes of at least 4 members (excludes halogenated alkanes) is 1. The number of ether oxygens (including phenoxy) is 2. The van der Waals surface area contributed by atoms with Crippen LogP contribution in [0.5, 0.6) is 0 Å². The first-order valence-electron chi connectivity index (χ1n) is 18.2. The van der Waals surface area contributed by atoms with Crippen LogP contribution in [0.1, 0.15) is 92.1 Å². The van der Waals surface area contributed by atoms with Crippen molar-refractivity contribution in [3.8, 4) is 0 Å². The first-order valence-corrected chi connectivity index (χ1v) is 22.0. The molecule has 1 heterocycles. The molecule has 4 unspecified atom stereocenters. The lowest BCUT2D eigenvalue weighted by atomic mass is 9.87. The van der Waals surface area contributed by atoms with Gasteiger partial charge in [0.15, 0.2) is 6.29 Å². The zero-order valence-corrected chi connectivity index (χ0v) is 33.3. The van der Waals surface area contributed by atoms with Gasteiger partial charge in [0.1, 0.15) is 10.5 Å². The summed E-state index contributed by atoms with van der Waals surface area (Å²) in [7, 11) is -2.59. The normalized spacial score (nSPS) is 21.2. The zero-order chi connectivity index (χ0) is 35.2. The molecule has 8 heteroatoms. The van der Waals surface area contributed by atoms with Crippen LogP contribution in [0.3, 0.4) is 0 Å². The van der Waals surface area contributed by atoms with Crippen LogP contribution in [0.2, 0.25) is 5.04 Å². The number of rotatable bonds is 17. The van der Waals surface area contributed by atoms with Crippen molar-refractivity contribution in [1.29, 1.82) is 0 Å². The maximum Gasteiger partial charge on any atom is 0.261 e. The van der Waals surface area contributed by atoms with Crippen molar-refractivity contribution in [2.45, 2.75) is 115 Å². The first-order chi connectivity index (χ1) is 23.5. The zero-order valence-electron chi connectivity index (χ0n) is 30.7. The van der Waals surface area contributed by atoms with Crippen LogP contribution < -0.4 is 10.4 Å². The van der Waals surface area contributed by atoms with Gasteiger partial charge in [-0.1, -0.05) is 125 Å². The Balaban J connectivity index is 1.40. The monoisotopic (exact) mass is 724 g/mol. The summed E-state index contributed by atoms with van der Waals surface area (Å²) < 4.78 is 25.9. The molecule has 0 amide bonds. The molecule has 1 aliphatic rings. The molecule has 0 aromatic heterocycles. The Kier molecular flexibility index (Phi) is 15.8. The van der Waals surface area contributed by atoms with Gasteiger partial charge in [-0.05, 0) is 97.1 Å². The quantitative estimate of drug-likeness (QED) is 0.0846. The molecule has 0 aliphatic carbocycles. The summed E-state index contributed by atoms with van der Waals surface area (Å²) in [5.74, 6) is 2.18. The van der Waals surface area contributed by atoms with Gasteiger partial charge < -0.3 is 19.0 Å². The van der Waals surface area contributed by atoms with Crippen molar-refractivity contribution in [1.82, 2.24) is 0 Å². The number of thioether (sulfide) groups is 1. The van der Waals surface area contributed by atoms with Gasteiger partial charge in [-0.15, -0.1) is 11.8 Å². The fraction of sp³-hybridized carbons (Fsp3) is 0.561. The third kappa shape index (κ3) is 11.2. The molecule has 3 aromatic carbocycles. The molecule has 4 rings (SSSR count). The van der Waals surface area contributed by atoms with Crippen LogP contribution in [0.4, 0.5) is 0 Å². The molecule has 270 valence electrons. The highest BCUT2D eigenvalue weighted by Gasteiger charge is 2.51. The second-order valence-electron chi connectivity index (χ2n) is 14.8. The van der Waals surface area contributed by atoms with Gasteiger partial charge >= 0.3 is 0 Å². The summed E-state index contributed by atoms with van der Waals surface area (Å²) in [5.41, 5.74) is 0.153. The maximum atomic E-state index is 12.3. The molecule has 1 fully saturated rings. The van der Waals surface area contributed by atoms with Crippen molar-refractivity contribution < 1.29 is 23.2 Å². The number of hydrogen-bond acceptors (Lipinski definition) is 7. The van der Waals surface area contributed by atoms with E-state index in [0.29, 0.717) is 32.2 Å². The van der Waals surface area contributed by atoms with Crippen LogP contribution >= 0.6 is 23.8 Å². The summed E-state index contributed by atoms with van der Waals surface area (Å²) >= 11 is 3.25. The predicted octanol–water partition coefficient (Wildman–Crippen LogP) is 9.37. The van der Waals surface area contributed by atoms with E-state index in [4.69, 9.17) is 18.1 Å². The molecular formula is C41H60O5S2Si. The van der Waals surface area contributed by atoms with Crippen molar-refractivity contribution in [2.75, 3.05) is 24.7 Å². The Morgan fingerprint density at radius 3 is 2.10 bits per heavy atom. The first kappa shape index (κ1) is 40.2. The summed E-state index contributed by atoms with van der Waals surface area (Å²) in [5, 5.41) is 14.8. The molecule has 0 bridgehead atoms. The van der Waals surface area contributed by atoms with Gasteiger partial charge in [0.25, 0.3) is 8.32 Å². The molecule has 1 N–H and O–H groups in total. The van der Waals surface area contributed by atoms with Crippen LogP contribution in [0.15, 0.2) is 91.0 Å². The van der Waals surface area contributed by atoms with Crippen molar-refractivity contribution in [2.24, 2.45) is 5.92 Å². The largest absolute Gasteiger partial charge is 0.407 e. The molecule has 5 nitrogen and oxygen atoms in total. The van der Waals surface area contributed by atoms with Gasteiger partial charge in [0.05, 0.1) is 6.61 Å². The lowest BCUT2D eigenvalue weighted by Crippen LogP contribution is -2.66. The van der Waals surface area contributed by atoms with E-state index in [1.165, 1.54) is 28.0 Å². The van der Waals surface area contributed by atoms with E-state index >= 15 is 0 Å². The predicted molar refractivity (Wildman–Crippen MR) is 211 cm³/mol. The number of aliphatic hydroxyl groups is 1. The summed E-state index contributed by atoms with van der Waals surface area (Å²) in [6.07, 6.45) is 5.65. The molecule has 0 spiro atoms. The Morgan fingerprint density at radius 2 is 1.49 bits per heavy atom. The fourth-order valence-electron chi connectivity index (χ4n) is 6.93. The Hall–Kier alpha value is -1.62. The third-order valence-electron chi connectivity index (χ3n) is 9.61. The van der Waals surface area contributed by atoms with Crippen LogP contribution in [-0.4, -0.2) is 55.0 Å². The smallest absolute Gasteiger partial charge is 0.261 e. The van der Waals surface area contributed by atoms with Gasteiger partial charge in [-0.3, -0.25) is 4.18 Å². The maximum absolute atomic E-state index is 12.3. The molecule has 0 radical (unpaired) electrons. The van der Waals surface area contributed by atoms with Crippen molar-refractivity contribution in [3.63, 3.8) is 0 Å². The average molecular weight is 725 g/mol. The minimum absolute atomic E-state index is 0.0550. The molecule has 3 aromatic rings. The van der Waals surface area contributed by atoms with E-state index in [9.17, 15) is 5.11 Å². The minimum atomic E-state index is -2.59. The summed E-state index contributed by atoms with van der Waals surface area (Å²) in [6.45, 7) is 15.2. The van der Waals surface area contributed by atoms with E-state index in [2.05, 4.69) is 100 Å². The average Bonchev–Trinajstić information content (AvgIpc) is 3.18. The highest BCUT2D eigenvalue weighted by atomic mass is 32.2. The second-order valence-corrected chi connectivity index (χ2v) is 21.3. The lowest BCUT2D eigenvalue weighted by molar-refractivity contribution is -0.193. The SMILES string of the molecule is CC(CCCC(C)(O)C1(CCCCOCc2ccccc2)OC(C)OSCCCS1)CO[Si](c1ccccc1)(c1ccccc1)C(C)(C)C. The molecule has 1 saturated heterocycles. The van der Waals surface area contributed by atoms with Gasteiger partial charge in [0, 0.05) is 19.0 Å².